The molecular formula is C14H16NO6S-. The maximum absolute atomic E-state index is 11.7. The number of carboxylic acids is 1. The second-order valence-corrected chi connectivity index (χ2v) is 6.50. The minimum Gasteiger partial charge on any atom is -0.545 e. The quantitative estimate of drug-likeness (QED) is 0.639. The molecule has 1 aliphatic rings. The van der Waals surface area contributed by atoms with Gasteiger partial charge in [0.25, 0.3) is 0 Å². The first kappa shape index (κ1) is 16.4. The Morgan fingerprint density at radius 1 is 1.41 bits per heavy atom. The van der Waals surface area contributed by atoms with E-state index in [1.807, 2.05) is 13.8 Å². The second kappa shape index (κ2) is 6.05. The summed E-state index contributed by atoms with van der Waals surface area (Å²) in [4.78, 5) is 35.2. The highest BCUT2D eigenvalue weighted by atomic mass is 32.1. The van der Waals surface area contributed by atoms with Gasteiger partial charge in [-0.15, -0.1) is 11.3 Å². The van der Waals surface area contributed by atoms with Crippen LogP contribution in [0.4, 0.5) is 5.00 Å². The first-order valence-corrected chi connectivity index (χ1v) is 7.54. The van der Waals surface area contributed by atoms with E-state index in [2.05, 4.69) is 10.1 Å². The van der Waals surface area contributed by atoms with Gasteiger partial charge >= 0.3 is 11.9 Å². The Morgan fingerprint density at radius 3 is 2.68 bits per heavy atom. The van der Waals surface area contributed by atoms with Crippen molar-refractivity contribution in [2.75, 3.05) is 11.9 Å². The molecule has 0 spiro atoms. The van der Waals surface area contributed by atoms with Crippen LogP contribution in [0, 0.1) is 0 Å². The lowest BCUT2D eigenvalue weighted by atomic mass is 9.93. The molecule has 22 heavy (non-hydrogen) atoms. The summed E-state index contributed by atoms with van der Waals surface area (Å²) in [6, 6.07) is 0. The molecule has 0 atom stereocenters. The molecule has 0 bridgehead atoms. The van der Waals surface area contributed by atoms with Crippen LogP contribution in [0.25, 0.3) is 0 Å². The highest BCUT2D eigenvalue weighted by Crippen LogP contribution is 2.40. The Morgan fingerprint density at radius 2 is 2.09 bits per heavy atom. The van der Waals surface area contributed by atoms with Crippen molar-refractivity contribution < 1.29 is 29.0 Å². The van der Waals surface area contributed by atoms with Gasteiger partial charge in [-0.2, -0.15) is 0 Å². The lowest BCUT2D eigenvalue weighted by molar-refractivity contribution is -0.255. The number of nitrogens with one attached hydrogen (secondary N) is 1. The Hall–Kier alpha value is -1.93. The average molecular weight is 326 g/mol. The van der Waals surface area contributed by atoms with E-state index >= 15 is 0 Å². The zero-order valence-electron chi connectivity index (χ0n) is 12.5. The summed E-state index contributed by atoms with van der Waals surface area (Å²) in [7, 11) is 0. The van der Waals surface area contributed by atoms with Gasteiger partial charge in [0.05, 0.1) is 24.8 Å². The molecule has 0 radical (unpaired) electrons. The van der Waals surface area contributed by atoms with Crippen molar-refractivity contribution in [2.45, 2.75) is 39.4 Å². The number of carbonyl (C=O) groups is 3. The summed E-state index contributed by atoms with van der Waals surface area (Å²) in [5.74, 6) is -3.47. The zero-order chi connectivity index (χ0) is 16.5. The number of hydrogen-bond acceptors (Lipinski definition) is 7. The largest absolute Gasteiger partial charge is 0.545 e. The average Bonchev–Trinajstić information content (AvgIpc) is 2.74. The van der Waals surface area contributed by atoms with Crippen LogP contribution in [0.1, 0.15) is 41.6 Å². The number of fused-ring (bicyclic) bond motifs is 1. The Labute approximate surface area is 131 Å². The summed E-state index contributed by atoms with van der Waals surface area (Å²) in [5.41, 5.74) is -0.00447. The van der Waals surface area contributed by atoms with Gasteiger partial charge in [0, 0.05) is 16.9 Å². The number of aromatic carboxylic acids is 1. The molecule has 7 nitrogen and oxygen atoms in total. The number of ether oxygens (including phenoxy) is 2. The van der Waals surface area contributed by atoms with Gasteiger partial charge in [0.1, 0.15) is 5.00 Å². The monoisotopic (exact) mass is 326 g/mol. The van der Waals surface area contributed by atoms with Gasteiger partial charge in [0.2, 0.25) is 0 Å². The van der Waals surface area contributed by atoms with Crippen molar-refractivity contribution in [3.8, 4) is 0 Å². The van der Waals surface area contributed by atoms with E-state index in [-0.39, 0.29) is 23.8 Å². The van der Waals surface area contributed by atoms with E-state index in [9.17, 15) is 19.5 Å². The van der Waals surface area contributed by atoms with E-state index in [1.165, 1.54) is 0 Å². The SMILES string of the molecule is CCOC(=O)C(=O)Nc1sc2c(c1C(=O)[O-])CC(C)(C)OC2. The van der Waals surface area contributed by atoms with Crippen molar-refractivity contribution in [3.05, 3.63) is 16.0 Å². The molecule has 120 valence electrons. The lowest BCUT2D eigenvalue weighted by Crippen LogP contribution is -2.33. The van der Waals surface area contributed by atoms with Crippen molar-refractivity contribution in [1.82, 2.24) is 0 Å². The molecule has 1 aliphatic heterocycles. The molecule has 2 heterocycles. The van der Waals surface area contributed by atoms with Crippen molar-refractivity contribution in [1.29, 1.82) is 0 Å². The predicted molar refractivity (Wildman–Crippen MR) is 76.5 cm³/mol. The van der Waals surface area contributed by atoms with Gasteiger partial charge in [-0.05, 0) is 26.3 Å². The number of amides is 1. The smallest absolute Gasteiger partial charge is 0.397 e. The molecule has 1 amide bonds. The first-order valence-electron chi connectivity index (χ1n) is 6.73. The zero-order valence-corrected chi connectivity index (χ0v) is 13.3. The molecular weight excluding hydrogens is 310 g/mol. The highest BCUT2D eigenvalue weighted by Gasteiger charge is 2.32. The molecule has 0 saturated heterocycles. The van der Waals surface area contributed by atoms with E-state index in [4.69, 9.17) is 4.74 Å². The fraction of sp³-hybridized carbons (Fsp3) is 0.500. The minimum atomic E-state index is -1.39. The Balaban J connectivity index is 2.33. The fourth-order valence-corrected chi connectivity index (χ4v) is 3.32. The number of anilines is 1. The maximum atomic E-state index is 11.7. The minimum absolute atomic E-state index is 0.0581. The summed E-state index contributed by atoms with van der Waals surface area (Å²) in [5, 5.41) is 13.8. The van der Waals surface area contributed by atoms with Crippen LogP contribution in [0.3, 0.4) is 0 Å². The normalized spacial score (nSPS) is 15.8. The van der Waals surface area contributed by atoms with E-state index in [0.717, 1.165) is 11.3 Å². The van der Waals surface area contributed by atoms with Gasteiger partial charge in [-0.25, -0.2) is 4.79 Å². The van der Waals surface area contributed by atoms with Crippen LogP contribution in [0.5, 0.6) is 0 Å². The summed E-state index contributed by atoms with van der Waals surface area (Å²) >= 11 is 1.07. The third-order valence-electron chi connectivity index (χ3n) is 3.18. The van der Waals surface area contributed by atoms with Crippen LogP contribution >= 0.6 is 11.3 Å². The van der Waals surface area contributed by atoms with Crippen LogP contribution in [-0.2, 0) is 32.1 Å². The molecule has 1 aromatic rings. The third-order valence-corrected chi connectivity index (χ3v) is 4.30. The molecule has 0 aliphatic carbocycles. The molecule has 1 aromatic heterocycles. The standard InChI is InChI=1S/C14H17NO6S/c1-4-20-13(19)10(16)15-11-9(12(17)18)7-5-14(2,3)21-6-8(7)22-11/h4-6H2,1-3H3,(H,15,16)(H,17,18)/p-1. The number of rotatable bonds is 3. The van der Waals surface area contributed by atoms with Crippen molar-refractivity contribution in [2.24, 2.45) is 0 Å². The Bertz CT molecular complexity index is 634. The molecule has 0 unspecified atom stereocenters. The van der Waals surface area contributed by atoms with Gasteiger partial charge in [-0.3, -0.25) is 4.79 Å². The molecule has 0 fully saturated rings. The highest BCUT2D eigenvalue weighted by molar-refractivity contribution is 7.17. The van der Waals surface area contributed by atoms with Gasteiger partial charge in [0.15, 0.2) is 0 Å². The summed E-state index contributed by atoms with van der Waals surface area (Å²) < 4.78 is 10.2. The molecule has 0 saturated carbocycles. The van der Waals surface area contributed by atoms with Gasteiger partial charge in [-0.1, -0.05) is 0 Å². The first-order chi connectivity index (χ1) is 10.2. The van der Waals surface area contributed by atoms with Crippen molar-refractivity contribution in [3.63, 3.8) is 0 Å². The van der Waals surface area contributed by atoms with Crippen LogP contribution in [0.2, 0.25) is 0 Å². The number of carboxylic acid groups (broad SMARTS) is 1. The molecule has 0 aromatic carbocycles. The number of esters is 1. The van der Waals surface area contributed by atoms with Crippen molar-refractivity contribution >= 4 is 34.2 Å². The molecule has 8 heteroatoms. The topological polar surface area (TPSA) is 105 Å². The Kier molecular flexibility index (Phi) is 4.52. The van der Waals surface area contributed by atoms with Crippen LogP contribution < -0.4 is 10.4 Å². The number of thiophene rings is 1. The van der Waals surface area contributed by atoms with E-state index in [1.54, 1.807) is 6.92 Å². The van der Waals surface area contributed by atoms with Crippen LogP contribution in [0.15, 0.2) is 0 Å². The molecule has 2 rings (SSSR count). The summed E-state index contributed by atoms with van der Waals surface area (Å²) in [6.07, 6.45) is 0.386. The second-order valence-electron chi connectivity index (χ2n) is 5.40. The van der Waals surface area contributed by atoms with E-state index < -0.39 is 23.4 Å². The number of carbonyl (C=O) groups excluding carboxylic acids is 3. The third kappa shape index (κ3) is 3.28. The lowest BCUT2D eigenvalue weighted by Gasteiger charge is -2.30. The van der Waals surface area contributed by atoms with E-state index in [0.29, 0.717) is 16.9 Å². The molecule has 1 N–H and O–H groups in total. The van der Waals surface area contributed by atoms with Gasteiger partial charge < -0.3 is 24.7 Å². The summed E-state index contributed by atoms with van der Waals surface area (Å²) in [6.45, 7) is 5.58. The predicted octanol–water partition coefficient (Wildman–Crippen LogP) is 0.464. The fourth-order valence-electron chi connectivity index (χ4n) is 2.21. The maximum Gasteiger partial charge on any atom is 0.397 e. The van der Waals surface area contributed by atoms with Crippen LogP contribution in [-0.4, -0.2) is 30.1 Å². The number of hydrogen-bond donors (Lipinski definition) is 1.